The summed E-state index contributed by atoms with van der Waals surface area (Å²) in [5.41, 5.74) is 12.4. The number of ether oxygens (including phenoxy) is 1. The number of Topliss-reactive ketones (excluding diaryl/α,β-unsaturated/α-hetero) is 2. The molecule has 0 radical (unpaired) electrons. The third kappa shape index (κ3) is 10.7. The van der Waals surface area contributed by atoms with Gasteiger partial charge in [0.1, 0.15) is 34.9 Å². The number of benzene rings is 1. The van der Waals surface area contributed by atoms with Gasteiger partial charge in [0.2, 0.25) is 11.6 Å². The largest absolute Gasteiger partial charge is 0.484 e. The summed E-state index contributed by atoms with van der Waals surface area (Å²) in [5.74, 6) is 0.904. The summed E-state index contributed by atoms with van der Waals surface area (Å²) < 4.78 is 13.2. The predicted octanol–water partition coefficient (Wildman–Crippen LogP) is 7.21. The van der Waals surface area contributed by atoms with Crippen LogP contribution in [0.3, 0.4) is 0 Å². The Bertz CT molecular complexity index is 1750. The van der Waals surface area contributed by atoms with Crippen LogP contribution < -0.4 is 16.2 Å². The molecule has 1 aliphatic heterocycles. The lowest BCUT2D eigenvalue weighted by Gasteiger charge is -2.32. The van der Waals surface area contributed by atoms with Crippen molar-refractivity contribution in [3.8, 4) is 5.75 Å². The molecule has 1 saturated heterocycles. The number of carbonyl (C=O) groups excluding carboxylic acids is 3. The monoisotopic (exact) mass is 742 g/mol. The average molecular weight is 744 g/mol. The number of nitrogens with zero attached hydrogens (tertiary/aromatic N) is 4. The van der Waals surface area contributed by atoms with Crippen LogP contribution in [0, 0.1) is 16.7 Å². The number of likely N-dealkylation sites (tertiary alicyclic amines) is 1. The van der Waals surface area contributed by atoms with Gasteiger partial charge in [0.05, 0.1) is 11.6 Å². The Morgan fingerprint density at radius 3 is 2.31 bits per heavy atom. The number of hydrogen-bond donors (Lipinski definition) is 2. The fourth-order valence-corrected chi connectivity index (χ4v) is 7.15. The van der Waals surface area contributed by atoms with E-state index in [1.54, 1.807) is 35.0 Å². The van der Waals surface area contributed by atoms with Gasteiger partial charge in [-0.3, -0.25) is 24.0 Å². The maximum Gasteiger partial charge on any atom is 0.214 e. The van der Waals surface area contributed by atoms with Crippen molar-refractivity contribution in [3.05, 3.63) is 68.8 Å². The SMILES string of the molecule is CC(C[C@@H](N=C(N)N)C(=O)CN1CCC(c2cc(C(=O)c3ccc(OCc4ccc(C(=O)C(C)(C)C)o4)c(Cl)c3Cl)nn2C)CC1)CC(C)(C)C. The van der Waals surface area contributed by atoms with Gasteiger partial charge in [0.15, 0.2) is 17.5 Å². The van der Waals surface area contributed by atoms with Crippen LogP contribution in [-0.4, -0.2) is 63.7 Å². The molecular weight excluding hydrogens is 691 g/mol. The molecule has 2 atom stereocenters. The van der Waals surface area contributed by atoms with Gasteiger partial charge in [-0.1, -0.05) is 71.7 Å². The molecule has 0 aliphatic carbocycles. The van der Waals surface area contributed by atoms with Gasteiger partial charge in [0.25, 0.3) is 0 Å². The highest BCUT2D eigenvalue weighted by Crippen LogP contribution is 2.37. The average Bonchev–Trinajstić information content (AvgIpc) is 3.66. The van der Waals surface area contributed by atoms with E-state index in [1.165, 1.54) is 0 Å². The normalized spacial score (nSPS) is 15.7. The van der Waals surface area contributed by atoms with E-state index in [2.05, 4.69) is 42.7 Å². The molecule has 1 unspecified atom stereocenters. The van der Waals surface area contributed by atoms with E-state index in [-0.39, 0.29) is 80.6 Å². The second-order valence-corrected chi connectivity index (χ2v) is 16.7. The Labute approximate surface area is 311 Å². The summed E-state index contributed by atoms with van der Waals surface area (Å²) in [6.07, 6.45) is 3.17. The minimum Gasteiger partial charge on any atom is -0.484 e. The highest BCUT2D eigenvalue weighted by molar-refractivity contribution is 6.45. The van der Waals surface area contributed by atoms with Gasteiger partial charge in [-0.25, -0.2) is 4.99 Å². The van der Waals surface area contributed by atoms with E-state index in [0.717, 1.165) is 25.0 Å². The zero-order valence-corrected chi connectivity index (χ0v) is 32.5. The number of furan rings is 1. The predicted molar refractivity (Wildman–Crippen MR) is 201 cm³/mol. The van der Waals surface area contributed by atoms with E-state index >= 15 is 0 Å². The van der Waals surface area contributed by atoms with E-state index in [9.17, 15) is 14.4 Å². The number of piperidine rings is 1. The first-order valence-corrected chi connectivity index (χ1v) is 18.2. The fraction of sp³-hybridized carbons (Fsp3) is 0.553. The lowest BCUT2D eigenvalue weighted by molar-refractivity contribution is -0.122. The maximum absolute atomic E-state index is 13.6. The summed E-state index contributed by atoms with van der Waals surface area (Å²) in [4.78, 5) is 45.9. The highest BCUT2D eigenvalue weighted by atomic mass is 35.5. The third-order valence-corrected chi connectivity index (χ3v) is 9.89. The van der Waals surface area contributed by atoms with Crippen LogP contribution in [0.4, 0.5) is 0 Å². The number of rotatable bonds is 14. The second kappa shape index (κ2) is 16.3. The van der Waals surface area contributed by atoms with Crippen molar-refractivity contribution in [2.24, 2.45) is 40.3 Å². The molecule has 4 rings (SSSR count). The minimum atomic E-state index is -0.575. The van der Waals surface area contributed by atoms with E-state index in [1.807, 2.05) is 27.8 Å². The molecule has 0 bridgehead atoms. The number of guanidine groups is 1. The van der Waals surface area contributed by atoms with Gasteiger partial charge in [0, 0.05) is 29.6 Å². The molecule has 3 aromatic rings. The van der Waals surface area contributed by atoms with Gasteiger partial charge >= 0.3 is 0 Å². The molecule has 0 saturated carbocycles. The van der Waals surface area contributed by atoms with Crippen LogP contribution in [0.5, 0.6) is 5.75 Å². The summed E-state index contributed by atoms with van der Waals surface area (Å²) >= 11 is 13.1. The standard InChI is InChI=1S/C38H52Cl2N6O5/c1-22(19-37(2,3)4)17-26(43-36(41)42)29(47)20-46-15-13-23(14-16-46)28-18-27(44-45(28)8)34(48)25-10-12-30(33(40)32(25)39)50-21-24-9-11-31(51-24)35(49)38(5,6)7/h9-12,18,22-23,26H,13-17,19-21H2,1-8H3,(H4,41,42,43)/t22?,26-/m1/s1. The lowest BCUT2D eigenvalue weighted by atomic mass is 9.82. The van der Waals surface area contributed by atoms with Crippen LogP contribution in [0.15, 0.2) is 39.7 Å². The van der Waals surface area contributed by atoms with Crippen molar-refractivity contribution in [2.45, 2.75) is 92.7 Å². The van der Waals surface area contributed by atoms with Crippen LogP contribution >= 0.6 is 23.2 Å². The molecule has 1 aromatic carbocycles. The molecule has 13 heteroatoms. The van der Waals surface area contributed by atoms with E-state index in [4.69, 9.17) is 43.8 Å². The molecule has 11 nitrogen and oxygen atoms in total. The lowest BCUT2D eigenvalue weighted by Crippen LogP contribution is -2.41. The first-order chi connectivity index (χ1) is 23.7. The molecule has 51 heavy (non-hydrogen) atoms. The Morgan fingerprint density at radius 1 is 1.04 bits per heavy atom. The smallest absolute Gasteiger partial charge is 0.214 e. The topological polar surface area (TPSA) is 159 Å². The number of aromatic nitrogens is 2. The number of carbonyl (C=O) groups is 3. The van der Waals surface area contributed by atoms with E-state index in [0.29, 0.717) is 31.2 Å². The van der Waals surface area contributed by atoms with Crippen molar-refractivity contribution in [2.75, 3.05) is 19.6 Å². The molecule has 3 heterocycles. The van der Waals surface area contributed by atoms with Gasteiger partial charge in [-0.15, -0.1) is 0 Å². The van der Waals surface area contributed by atoms with Gasteiger partial charge < -0.3 is 20.6 Å². The van der Waals surface area contributed by atoms with Crippen molar-refractivity contribution in [3.63, 3.8) is 0 Å². The Hall–Kier alpha value is -3.67. The van der Waals surface area contributed by atoms with Crippen molar-refractivity contribution in [1.82, 2.24) is 14.7 Å². The molecular formula is C38H52Cl2N6O5. The molecule has 0 amide bonds. The van der Waals surface area contributed by atoms with Crippen LogP contribution in [0.1, 0.15) is 118 Å². The van der Waals surface area contributed by atoms with Crippen LogP contribution in [0.2, 0.25) is 10.0 Å². The Balaban J connectivity index is 1.36. The summed E-state index contributed by atoms with van der Waals surface area (Å²) in [7, 11) is 1.82. The molecule has 1 fully saturated rings. The van der Waals surface area contributed by atoms with E-state index < -0.39 is 11.5 Å². The summed E-state index contributed by atoms with van der Waals surface area (Å²) in [6, 6.07) is 7.68. The zero-order chi connectivity index (χ0) is 37.8. The Morgan fingerprint density at radius 2 is 1.71 bits per heavy atom. The number of nitrogens with two attached hydrogens (primary N) is 2. The van der Waals surface area contributed by atoms with Crippen molar-refractivity contribution in [1.29, 1.82) is 0 Å². The summed E-state index contributed by atoms with van der Waals surface area (Å²) in [6.45, 7) is 15.9. The molecule has 2 aromatic heterocycles. The zero-order valence-electron chi connectivity index (χ0n) is 31.0. The number of ketones is 3. The van der Waals surface area contributed by atoms with Crippen molar-refractivity contribution < 1.29 is 23.5 Å². The van der Waals surface area contributed by atoms with Gasteiger partial charge in [-0.2, -0.15) is 5.10 Å². The number of aliphatic imine (C=N–C) groups is 1. The Kier molecular flexibility index (Phi) is 12.8. The van der Waals surface area contributed by atoms with Crippen LogP contribution in [-0.2, 0) is 18.4 Å². The number of aryl methyl sites for hydroxylation is 1. The van der Waals surface area contributed by atoms with Crippen LogP contribution in [0.25, 0.3) is 0 Å². The van der Waals surface area contributed by atoms with Crippen molar-refractivity contribution >= 4 is 46.5 Å². The summed E-state index contributed by atoms with van der Waals surface area (Å²) in [5, 5.41) is 4.67. The fourth-order valence-electron chi connectivity index (χ4n) is 6.69. The first-order valence-electron chi connectivity index (χ1n) is 17.4. The third-order valence-electron chi connectivity index (χ3n) is 9.03. The second-order valence-electron chi connectivity index (χ2n) is 16.0. The number of halogens is 2. The minimum absolute atomic E-state index is 0.0187. The molecule has 278 valence electrons. The first kappa shape index (κ1) is 40.1. The molecule has 1 aliphatic rings. The maximum atomic E-state index is 13.6. The highest BCUT2D eigenvalue weighted by Gasteiger charge is 2.30. The number of hydrogen-bond acceptors (Lipinski definition) is 8. The van der Waals surface area contributed by atoms with Gasteiger partial charge in [-0.05, 0) is 80.4 Å². The molecule has 4 N–H and O–H groups in total. The molecule has 0 spiro atoms. The quantitative estimate of drug-likeness (QED) is 0.0989.